The summed E-state index contributed by atoms with van der Waals surface area (Å²) in [5.41, 5.74) is 0. The predicted octanol–water partition coefficient (Wildman–Crippen LogP) is 2.44. The maximum Gasteiger partial charge on any atom is 0.190 e. The molecule has 1 unspecified atom stereocenters. The normalized spacial score (nSPS) is 13.3. The van der Waals surface area contributed by atoms with Crippen molar-refractivity contribution in [2.24, 2.45) is 4.99 Å². The van der Waals surface area contributed by atoms with Gasteiger partial charge in [-0.3, -0.25) is 4.99 Å². The van der Waals surface area contributed by atoms with Gasteiger partial charge < -0.3 is 15.4 Å². The lowest BCUT2D eigenvalue weighted by Crippen LogP contribution is -2.39. The first kappa shape index (κ1) is 16.0. The van der Waals surface area contributed by atoms with E-state index in [1.165, 1.54) is 4.88 Å². The zero-order chi connectivity index (χ0) is 13.9. The van der Waals surface area contributed by atoms with Crippen LogP contribution in [0.3, 0.4) is 0 Å². The molecule has 1 aromatic heterocycles. The first-order chi connectivity index (χ1) is 9.27. The first-order valence-electron chi connectivity index (χ1n) is 6.83. The number of aliphatic imine (C=N–C) groups is 1. The lowest BCUT2D eigenvalue weighted by Gasteiger charge is -2.15. The fourth-order valence-electron chi connectivity index (χ4n) is 1.67. The molecule has 1 atom stereocenters. The van der Waals surface area contributed by atoms with Crippen LogP contribution >= 0.6 is 11.3 Å². The fraction of sp³-hybridized carbons (Fsp3) is 0.643. The Morgan fingerprint density at radius 2 is 2.32 bits per heavy atom. The zero-order valence-electron chi connectivity index (χ0n) is 12.1. The molecule has 4 nitrogen and oxygen atoms in total. The van der Waals surface area contributed by atoms with Crippen molar-refractivity contribution in [1.29, 1.82) is 0 Å². The summed E-state index contributed by atoms with van der Waals surface area (Å²) in [6, 6.07) is 4.27. The number of nitrogens with one attached hydrogen (secondary N) is 2. The summed E-state index contributed by atoms with van der Waals surface area (Å²) in [5, 5.41) is 8.76. The molecule has 19 heavy (non-hydrogen) atoms. The van der Waals surface area contributed by atoms with Gasteiger partial charge in [0, 0.05) is 44.1 Å². The molecule has 0 aromatic carbocycles. The number of ether oxygens (including phenoxy) is 1. The van der Waals surface area contributed by atoms with Crippen LogP contribution in [0.4, 0.5) is 0 Å². The smallest absolute Gasteiger partial charge is 0.190 e. The predicted molar refractivity (Wildman–Crippen MR) is 83.2 cm³/mol. The highest BCUT2D eigenvalue weighted by Crippen LogP contribution is 2.19. The van der Waals surface area contributed by atoms with Crippen molar-refractivity contribution < 1.29 is 4.74 Å². The van der Waals surface area contributed by atoms with Crippen LogP contribution in [0.2, 0.25) is 0 Å². The van der Waals surface area contributed by atoms with Crippen LogP contribution in [-0.2, 0) is 4.74 Å². The molecule has 0 aliphatic carbocycles. The van der Waals surface area contributed by atoms with Gasteiger partial charge in [0.1, 0.15) is 0 Å². The van der Waals surface area contributed by atoms with Gasteiger partial charge in [0.15, 0.2) is 5.96 Å². The molecule has 108 valence electrons. The van der Waals surface area contributed by atoms with Crippen LogP contribution in [0.1, 0.15) is 31.1 Å². The summed E-state index contributed by atoms with van der Waals surface area (Å²) in [7, 11) is 1.80. The fourth-order valence-corrected chi connectivity index (χ4v) is 2.46. The van der Waals surface area contributed by atoms with E-state index in [1.54, 1.807) is 18.4 Å². The largest absolute Gasteiger partial charge is 0.382 e. The maximum absolute atomic E-state index is 5.30. The van der Waals surface area contributed by atoms with Gasteiger partial charge in [-0.05, 0) is 24.8 Å². The molecule has 0 saturated carbocycles. The van der Waals surface area contributed by atoms with E-state index in [1.807, 2.05) is 6.92 Å². The zero-order valence-corrected chi connectivity index (χ0v) is 12.9. The highest BCUT2D eigenvalue weighted by atomic mass is 32.1. The van der Waals surface area contributed by atoms with Crippen LogP contribution < -0.4 is 10.6 Å². The number of thiophene rings is 1. The van der Waals surface area contributed by atoms with Crippen molar-refractivity contribution >= 4 is 17.3 Å². The molecule has 1 heterocycles. The molecule has 0 spiro atoms. The van der Waals surface area contributed by atoms with Crippen LogP contribution in [0.15, 0.2) is 22.5 Å². The molecular formula is C14H25N3OS. The van der Waals surface area contributed by atoms with Crippen molar-refractivity contribution in [1.82, 2.24) is 10.6 Å². The van der Waals surface area contributed by atoms with Crippen molar-refractivity contribution in [3.63, 3.8) is 0 Å². The topological polar surface area (TPSA) is 45.6 Å². The van der Waals surface area contributed by atoms with E-state index >= 15 is 0 Å². The average Bonchev–Trinajstić information content (AvgIpc) is 2.95. The number of rotatable bonds is 8. The van der Waals surface area contributed by atoms with Gasteiger partial charge in [-0.15, -0.1) is 11.3 Å². The highest BCUT2D eigenvalue weighted by molar-refractivity contribution is 7.10. The molecule has 0 amide bonds. The Morgan fingerprint density at radius 1 is 1.47 bits per heavy atom. The summed E-state index contributed by atoms with van der Waals surface area (Å²) in [6.07, 6.45) is 0.995. The molecule has 5 heteroatoms. The van der Waals surface area contributed by atoms with Crippen LogP contribution in [-0.4, -0.2) is 39.3 Å². The van der Waals surface area contributed by atoms with Crippen molar-refractivity contribution in [2.45, 2.75) is 26.2 Å². The maximum atomic E-state index is 5.30. The van der Waals surface area contributed by atoms with E-state index in [2.05, 4.69) is 40.1 Å². The van der Waals surface area contributed by atoms with E-state index < -0.39 is 0 Å². The lowest BCUT2D eigenvalue weighted by atomic mass is 10.1. The standard InChI is InChI=1S/C14H25N3OS/c1-4-18-9-6-8-16-14(15-3)17-11-12(2)13-7-5-10-19-13/h5,7,10,12H,4,6,8-9,11H2,1-3H3,(H2,15,16,17). The van der Waals surface area contributed by atoms with Gasteiger partial charge in [0.05, 0.1) is 0 Å². The van der Waals surface area contributed by atoms with Crippen LogP contribution in [0, 0.1) is 0 Å². The second kappa shape index (κ2) is 9.81. The Hall–Kier alpha value is -1.07. The number of guanidine groups is 1. The summed E-state index contributed by atoms with van der Waals surface area (Å²) < 4.78 is 5.30. The van der Waals surface area contributed by atoms with Gasteiger partial charge in [-0.2, -0.15) is 0 Å². The number of hydrogen-bond acceptors (Lipinski definition) is 3. The van der Waals surface area contributed by atoms with Gasteiger partial charge in [-0.1, -0.05) is 13.0 Å². The molecule has 0 bridgehead atoms. The van der Waals surface area contributed by atoms with Gasteiger partial charge >= 0.3 is 0 Å². The Morgan fingerprint density at radius 3 is 2.95 bits per heavy atom. The molecule has 0 saturated heterocycles. The van der Waals surface area contributed by atoms with E-state index in [0.29, 0.717) is 5.92 Å². The molecule has 0 fully saturated rings. The average molecular weight is 283 g/mol. The third kappa shape index (κ3) is 6.59. The van der Waals surface area contributed by atoms with Gasteiger partial charge in [0.2, 0.25) is 0 Å². The lowest BCUT2D eigenvalue weighted by molar-refractivity contribution is 0.145. The Bertz CT molecular complexity index is 352. The highest BCUT2D eigenvalue weighted by Gasteiger charge is 2.07. The van der Waals surface area contributed by atoms with E-state index in [4.69, 9.17) is 4.74 Å². The summed E-state index contributed by atoms with van der Waals surface area (Å²) in [6.45, 7) is 7.59. The second-order valence-corrected chi connectivity index (χ2v) is 5.33. The molecule has 0 aliphatic rings. The molecule has 0 aliphatic heterocycles. The third-order valence-corrected chi connectivity index (χ3v) is 3.89. The SMILES string of the molecule is CCOCCCNC(=NC)NCC(C)c1cccs1. The minimum absolute atomic E-state index is 0.502. The number of nitrogens with zero attached hydrogens (tertiary/aromatic N) is 1. The number of hydrogen-bond donors (Lipinski definition) is 2. The van der Waals surface area contributed by atoms with E-state index in [-0.39, 0.29) is 0 Å². The summed E-state index contributed by atoms with van der Waals surface area (Å²) in [5.74, 6) is 1.36. The van der Waals surface area contributed by atoms with E-state index in [9.17, 15) is 0 Å². The summed E-state index contributed by atoms with van der Waals surface area (Å²) >= 11 is 1.80. The molecule has 1 aromatic rings. The Kier molecular flexibility index (Phi) is 8.25. The molecule has 2 N–H and O–H groups in total. The van der Waals surface area contributed by atoms with Crippen molar-refractivity contribution in [3.05, 3.63) is 22.4 Å². The van der Waals surface area contributed by atoms with Crippen LogP contribution in [0.5, 0.6) is 0 Å². The molecule has 0 radical (unpaired) electrons. The Labute approximate surface area is 120 Å². The third-order valence-electron chi connectivity index (χ3n) is 2.79. The minimum Gasteiger partial charge on any atom is -0.382 e. The molecular weight excluding hydrogens is 258 g/mol. The summed E-state index contributed by atoms with van der Waals surface area (Å²) in [4.78, 5) is 5.62. The monoisotopic (exact) mass is 283 g/mol. The van der Waals surface area contributed by atoms with Gasteiger partial charge in [-0.25, -0.2) is 0 Å². The van der Waals surface area contributed by atoms with Crippen molar-refractivity contribution in [2.75, 3.05) is 33.4 Å². The molecule has 1 rings (SSSR count). The van der Waals surface area contributed by atoms with E-state index in [0.717, 1.165) is 38.7 Å². The quantitative estimate of drug-likeness (QED) is 0.437. The second-order valence-electron chi connectivity index (χ2n) is 4.35. The van der Waals surface area contributed by atoms with Gasteiger partial charge in [0.25, 0.3) is 0 Å². The first-order valence-corrected chi connectivity index (χ1v) is 7.71. The van der Waals surface area contributed by atoms with Crippen LogP contribution in [0.25, 0.3) is 0 Å². The van der Waals surface area contributed by atoms with Crippen molar-refractivity contribution in [3.8, 4) is 0 Å². The Balaban J connectivity index is 2.18. The minimum atomic E-state index is 0.502.